The van der Waals surface area contributed by atoms with Gasteiger partial charge in [-0.1, -0.05) is 23.7 Å². The lowest BCUT2D eigenvalue weighted by Gasteiger charge is -2.41. The normalized spacial score (nSPS) is 16.4. The number of hydrogen-bond acceptors (Lipinski definition) is 8. The van der Waals surface area contributed by atoms with E-state index < -0.39 is 32.9 Å². The Labute approximate surface area is 246 Å². The minimum atomic E-state index is -3.16. The second-order valence-corrected chi connectivity index (χ2v) is 14.5. The monoisotopic (exact) mass is 603 g/mol. The van der Waals surface area contributed by atoms with Crippen molar-refractivity contribution in [3.8, 4) is 0 Å². The molecule has 0 bridgehead atoms. The molecule has 12 heteroatoms. The summed E-state index contributed by atoms with van der Waals surface area (Å²) in [4.78, 5) is 41.2. The van der Waals surface area contributed by atoms with Gasteiger partial charge in [-0.15, -0.1) is 0 Å². The third kappa shape index (κ3) is 8.19. The van der Waals surface area contributed by atoms with E-state index in [1.807, 2.05) is 24.4 Å². The number of rotatable bonds is 10. The molecule has 41 heavy (non-hydrogen) atoms. The van der Waals surface area contributed by atoms with E-state index in [4.69, 9.17) is 16.3 Å². The van der Waals surface area contributed by atoms with E-state index in [0.717, 1.165) is 22.4 Å². The molecule has 2 aromatic heterocycles. The number of H-pyrrole nitrogens is 1. The van der Waals surface area contributed by atoms with E-state index in [1.54, 1.807) is 32.9 Å². The molecule has 0 aliphatic carbocycles. The number of fused-ring (bicyclic) bond motifs is 1. The Morgan fingerprint density at radius 3 is 2.46 bits per heavy atom. The standard InChI is InChI=1S/C29H38ClN5O5S/c1-28(2,3)40-24(36)18-29(12-15-35(16-13-29)26-22-11-14-31-25(22)32-19-33-26)27(37)34-23(6-5-17-41(4,38)39)20-7-9-21(30)10-8-20/h7-11,14,19,23H,5-6,12-13,15-18H2,1-4H3,(H,34,37)(H,31,32,33). The van der Waals surface area contributed by atoms with Crippen molar-refractivity contribution >= 4 is 50.2 Å². The molecule has 3 heterocycles. The predicted molar refractivity (Wildman–Crippen MR) is 160 cm³/mol. The topological polar surface area (TPSA) is 134 Å². The van der Waals surface area contributed by atoms with Gasteiger partial charge in [0.2, 0.25) is 5.91 Å². The Kier molecular flexibility index (Phi) is 9.28. The van der Waals surface area contributed by atoms with Gasteiger partial charge in [0.1, 0.15) is 33.2 Å². The molecule has 0 radical (unpaired) electrons. The Balaban J connectivity index is 1.58. The van der Waals surface area contributed by atoms with Crippen LogP contribution in [-0.2, 0) is 24.2 Å². The summed E-state index contributed by atoms with van der Waals surface area (Å²) in [6.45, 7) is 6.42. The summed E-state index contributed by atoms with van der Waals surface area (Å²) in [5.41, 5.74) is -0.145. The van der Waals surface area contributed by atoms with Gasteiger partial charge in [0.05, 0.1) is 23.3 Å². The van der Waals surface area contributed by atoms with Crippen molar-refractivity contribution in [2.24, 2.45) is 5.41 Å². The highest BCUT2D eigenvalue weighted by molar-refractivity contribution is 7.90. The van der Waals surface area contributed by atoms with Crippen molar-refractivity contribution in [2.45, 2.75) is 64.5 Å². The summed E-state index contributed by atoms with van der Waals surface area (Å²) in [5.74, 6) is 0.104. The Hall–Kier alpha value is -3.18. The van der Waals surface area contributed by atoms with Crippen LogP contribution in [-0.4, -0.2) is 65.9 Å². The SMILES string of the molecule is CC(C)(C)OC(=O)CC1(C(=O)NC(CCCS(C)(=O)=O)c2ccc(Cl)cc2)CCN(c2ncnc3[nH]ccc23)CC1. The molecule has 0 saturated carbocycles. The maximum Gasteiger partial charge on any atom is 0.307 e. The first-order chi connectivity index (χ1) is 19.2. The van der Waals surface area contributed by atoms with Crippen LogP contribution >= 0.6 is 11.6 Å². The first kappa shape index (κ1) is 30.8. The largest absolute Gasteiger partial charge is 0.460 e. The van der Waals surface area contributed by atoms with E-state index in [2.05, 4.69) is 25.2 Å². The van der Waals surface area contributed by atoms with Crippen molar-refractivity contribution in [1.29, 1.82) is 0 Å². The molecule has 1 unspecified atom stereocenters. The summed E-state index contributed by atoms with van der Waals surface area (Å²) >= 11 is 6.10. The maximum atomic E-state index is 14.1. The van der Waals surface area contributed by atoms with Crippen LogP contribution in [0, 0.1) is 5.41 Å². The molecule has 1 aliphatic heterocycles. The quantitative estimate of drug-likeness (QED) is 0.321. The molecular weight excluding hydrogens is 566 g/mol. The van der Waals surface area contributed by atoms with Crippen LogP contribution in [0.4, 0.5) is 5.82 Å². The Bertz CT molecular complexity index is 1480. The van der Waals surface area contributed by atoms with Gasteiger partial charge in [-0.2, -0.15) is 0 Å². The van der Waals surface area contributed by atoms with E-state index in [0.29, 0.717) is 43.8 Å². The van der Waals surface area contributed by atoms with Crippen LogP contribution in [0.2, 0.25) is 5.02 Å². The number of sulfone groups is 1. The average Bonchev–Trinajstić information content (AvgIpc) is 3.36. The number of amides is 1. The predicted octanol–water partition coefficient (Wildman–Crippen LogP) is 4.61. The first-order valence-electron chi connectivity index (χ1n) is 13.7. The number of anilines is 1. The van der Waals surface area contributed by atoms with Gasteiger partial charge < -0.3 is 19.9 Å². The van der Waals surface area contributed by atoms with E-state index >= 15 is 0 Å². The third-order valence-corrected chi connectivity index (χ3v) is 8.61. The molecule has 1 atom stereocenters. The highest BCUT2D eigenvalue weighted by atomic mass is 35.5. The van der Waals surface area contributed by atoms with Crippen molar-refractivity contribution in [1.82, 2.24) is 20.3 Å². The Morgan fingerprint density at radius 1 is 1.15 bits per heavy atom. The zero-order chi connectivity index (χ0) is 29.8. The van der Waals surface area contributed by atoms with Crippen LogP contribution in [0.5, 0.6) is 0 Å². The van der Waals surface area contributed by atoms with Crippen LogP contribution < -0.4 is 10.2 Å². The Morgan fingerprint density at radius 2 is 1.83 bits per heavy atom. The molecule has 1 aromatic carbocycles. The highest BCUT2D eigenvalue weighted by Gasteiger charge is 2.45. The van der Waals surface area contributed by atoms with Gasteiger partial charge in [-0.25, -0.2) is 18.4 Å². The van der Waals surface area contributed by atoms with Crippen LogP contribution in [0.25, 0.3) is 11.0 Å². The minimum Gasteiger partial charge on any atom is -0.460 e. The second-order valence-electron chi connectivity index (χ2n) is 11.8. The molecule has 222 valence electrons. The van der Waals surface area contributed by atoms with Crippen molar-refractivity contribution < 1.29 is 22.7 Å². The maximum absolute atomic E-state index is 14.1. The zero-order valence-corrected chi connectivity index (χ0v) is 25.5. The zero-order valence-electron chi connectivity index (χ0n) is 23.9. The third-order valence-electron chi connectivity index (χ3n) is 7.32. The molecule has 1 saturated heterocycles. The number of carbonyl (C=O) groups is 2. The van der Waals surface area contributed by atoms with Gasteiger partial charge in [0.25, 0.3) is 0 Å². The summed E-state index contributed by atoms with van der Waals surface area (Å²) in [7, 11) is -3.16. The summed E-state index contributed by atoms with van der Waals surface area (Å²) in [6, 6.07) is 8.61. The average molecular weight is 604 g/mol. The molecule has 2 N–H and O–H groups in total. The summed E-state index contributed by atoms with van der Waals surface area (Å²) in [5, 5.41) is 4.62. The van der Waals surface area contributed by atoms with Crippen LogP contribution in [0.3, 0.4) is 0 Å². The number of nitrogens with one attached hydrogen (secondary N) is 2. The molecule has 10 nitrogen and oxygen atoms in total. The molecular formula is C29H38ClN5O5S. The van der Waals surface area contributed by atoms with Gasteiger partial charge in [0.15, 0.2) is 0 Å². The number of aromatic nitrogens is 3. The lowest BCUT2D eigenvalue weighted by Crippen LogP contribution is -2.51. The molecule has 1 aliphatic rings. The molecule has 1 fully saturated rings. The number of ether oxygens (including phenoxy) is 1. The van der Waals surface area contributed by atoms with Gasteiger partial charge in [-0.05, 0) is 70.2 Å². The van der Waals surface area contributed by atoms with E-state index in [-0.39, 0.29) is 18.1 Å². The number of aromatic amines is 1. The van der Waals surface area contributed by atoms with Gasteiger partial charge >= 0.3 is 5.97 Å². The fourth-order valence-corrected chi connectivity index (χ4v) is 6.09. The lowest BCUT2D eigenvalue weighted by atomic mass is 9.74. The van der Waals surface area contributed by atoms with Crippen molar-refractivity contribution in [3.05, 3.63) is 53.4 Å². The van der Waals surface area contributed by atoms with E-state index in [9.17, 15) is 18.0 Å². The van der Waals surface area contributed by atoms with Gasteiger partial charge in [0, 0.05) is 36.3 Å². The smallest absolute Gasteiger partial charge is 0.307 e. The molecule has 3 aromatic rings. The number of carbonyl (C=O) groups excluding carboxylic acids is 2. The first-order valence-corrected chi connectivity index (χ1v) is 16.2. The lowest BCUT2D eigenvalue weighted by molar-refractivity contribution is -0.161. The number of piperidine rings is 1. The molecule has 4 rings (SSSR count). The second kappa shape index (κ2) is 12.4. The van der Waals surface area contributed by atoms with Crippen LogP contribution in [0.1, 0.15) is 64.5 Å². The van der Waals surface area contributed by atoms with Crippen LogP contribution in [0.15, 0.2) is 42.9 Å². The van der Waals surface area contributed by atoms with Crippen molar-refractivity contribution in [2.75, 3.05) is 30.0 Å². The number of halogens is 1. The van der Waals surface area contributed by atoms with Crippen molar-refractivity contribution in [3.63, 3.8) is 0 Å². The number of benzene rings is 1. The summed E-state index contributed by atoms with van der Waals surface area (Å²) < 4.78 is 29.2. The fourth-order valence-electron chi connectivity index (χ4n) is 5.27. The van der Waals surface area contributed by atoms with Gasteiger partial charge in [-0.3, -0.25) is 9.59 Å². The summed E-state index contributed by atoms with van der Waals surface area (Å²) in [6.07, 6.45) is 6.07. The molecule has 1 amide bonds. The minimum absolute atomic E-state index is 0.0114. The highest BCUT2D eigenvalue weighted by Crippen LogP contribution is 2.39. The fraction of sp³-hybridized carbons (Fsp3) is 0.517. The number of nitrogens with zero attached hydrogens (tertiary/aromatic N) is 3. The van der Waals surface area contributed by atoms with E-state index in [1.165, 1.54) is 12.6 Å². The number of esters is 1. The number of hydrogen-bond donors (Lipinski definition) is 2. The molecule has 0 spiro atoms.